The molecule has 2 bridgehead atoms. The fourth-order valence-electron chi connectivity index (χ4n) is 7.52. The maximum Gasteiger partial charge on any atom is 0.214 e. The Morgan fingerprint density at radius 1 is 1.10 bits per heavy atom. The third kappa shape index (κ3) is 2.80. The van der Waals surface area contributed by atoms with Crippen LogP contribution in [0.3, 0.4) is 0 Å². The minimum absolute atomic E-state index is 0.0984. The Labute approximate surface area is 175 Å². The number of aliphatic hydroxyl groups excluding tert-OH is 1. The molecule has 0 aromatic heterocycles. The molecule has 2 saturated carbocycles. The lowest BCUT2D eigenvalue weighted by Gasteiger charge is -2.46. The van der Waals surface area contributed by atoms with E-state index in [1.165, 1.54) is 24.0 Å². The second-order valence-electron chi connectivity index (χ2n) is 10.8. The van der Waals surface area contributed by atoms with Crippen molar-refractivity contribution in [2.45, 2.75) is 76.7 Å². The monoisotopic (exact) mass is 417 g/mol. The molecule has 4 nitrogen and oxygen atoms in total. The average Bonchev–Trinajstić information content (AvgIpc) is 3.03. The van der Waals surface area contributed by atoms with Crippen LogP contribution in [0.1, 0.15) is 69.9 Å². The van der Waals surface area contributed by atoms with Crippen LogP contribution in [0.4, 0.5) is 0 Å². The maximum atomic E-state index is 13.5. The number of rotatable bonds is 3. The first-order chi connectivity index (χ1) is 13.7. The third-order valence-electron chi connectivity index (χ3n) is 9.59. The first-order valence-corrected chi connectivity index (χ1v) is 13.1. The van der Waals surface area contributed by atoms with E-state index in [0.717, 1.165) is 38.5 Å². The molecule has 5 rings (SSSR count). The van der Waals surface area contributed by atoms with E-state index in [0.29, 0.717) is 19.0 Å². The maximum absolute atomic E-state index is 13.5. The number of hydrogen-bond donors (Lipinski definition) is 1. The molecule has 1 saturated heterocycles. The van der Waals surface area contributed by atoms with Gasteiger partial charge in [0.15, 0.2) is 0 Å². The summed E-state index contributed by atoms with van der Waals surface area (Å²) < 4.78 is 28.7. The van der Waals surface area contributed by atoms with Crippen LogP contribution < -0.4 is 0 Å². The molecule has 1 aromatic rings. The van der Waals surface area contributed by atoms with E-state index in [1.807, 2.05) is 0 Å². The predicted octanol–water partition coefficient (Wildman–Crippen LogP) is 3.87. The summed E-state index contributed by atoms with van der Waals surface area (Å²) in [6.45, 7) is 5.60. The molecule has 5 heteroatoms. The van der Waals surface area contributed by atoms with Gasteiger partial charge >= 0.3 is 0 Å². The van der Waals surface area contributed by atoms with Crippen LogP contribution in [0, 0.1) is 16.7 Å². The largest absolute Gasteiger partial charge is 0.392 e. The van der Waals surface area contributed by atoms with Gasteiger partial charge in [-0.3, -0.25) is 0 Å². The van der Waals surface area contributed by atoms with Crippen molar-refractivity contribution < 1.29 is 13.5 Å². The Morgan fingerprint density at radius 2 is 1.83 bits per heavy atom. The normalized spacial score (nSPS) is 35.7. The van der Waals surface area contributed by atoms with Crippen LogP contribution in [0.25, 0.3) is 0 Å². The van der Waals surface area contributed by atoms with Gasteiger partial charge < -0.3 is 5.11 Å². The Balaban J connectivity index is 1.35. The molecule has 1 spiro atoms. The summed E-state index contributed by atoms with van der Waals surface area (Å²) in [5.74, 6) is 0.574. The van der Waals surface area contributed by atoms with Crippen molar-refractivity contribution in [3.8, 4) is 0 Å². The molecule has 0 radical (unpaired) electrons. The summed E-state index contributed by atoms with van der Waals surface area (Å²) in [5, 5.41) is 10.8. The number of piperidine rings is 1. The van der Waals surface area contributed by atoms with Gasteiger partial charge in [-0.25, -0.2) is 12.7 Å². The zero-order valence-corrected chi connectivity index (χ0v) is 18.7. The van der Waals surface area contributed by atoms with Gasteiger partial charge in [0.1, 0.15) is 0 Å². The number of sulfonamides is 1. The van der Waals surface area contributed by atoms with Gasteiger partial charge in [-0.1, -0.05) is 38.1 Å². The number of benzene rings is 1. The number of aryl methyl sites for hydroxylation is 1. The highest BCUT2D eigenvalue weighted by molar-refractivity contribution is 7.89. The lowest BCUT2D eigenvalue weighted by atomic mass is 9.65. The Kier molecular flexibility index (Phi) is 4.52. The van der Waals surface area contributed by atoms with E-state index in [4.69, 9.17) is 0 Å². The Hall–Kier alpha value is -0.910. The third-order valence-corrected chi connectivity index (χ3v) is 11.6. The highest BCUT2D eigenvalue weighted by Gasteiger charge is 2.65. The van der Waals surface area contributed by atoms with E-state index in [9.17, 15) is 13.5 Å². The van der Waals surface area contributed by atoms with Crippen molar-refractivity contribution in [3.63, 3.8) is 0 Å². The Morgan fingerprint density at radius 3 is 2.48 bits per heavy atom. The van der Waals surface area contributed by atoms with Crippen LogP contribution in [0.5, 0.6) is 0 Å². The SMILES string of the molecule is CC1(C)[C@@H]2CC[C@@]1(CS(=O)(=O)N1CCC3(CCCc4ccccc43)CC1)[C@@H](O)C2. The van der Waals surface area contributed by atoms with Gasteiger partial charge in [-0.05, 0) is 79.2 Å². The van der Waals surface area contributed by atoms with Gasteiger partial charge in [0.25, 0.3) is 0 Å². The van der Waals surface area contributed by atoms with Crippen molar-refractivity contribution in [1.82, 2.24) is 4.31 Å². The predicted molar refractivity (Wildman–Crippen MR) is 115 cm³/mol. The molecule has 4 aliphatic rings. The van der Waals surface area contributed by atoms with E-state index in [2.05, 4.69) is 38.1 Å². The number of nitrogens with zero attached hydrogens (tertiary/aromatic N) is 1. The zero-order chi connectivity index (χ0) is 20.5. The van der Waals surface area contributed by atoms with E-state index >= 15 is 0 Å². The van der Waals surface area contributed by atoms with Gasteiger partial charge in [-0.2, -0.15) is 0 Å². The fraction of sp³-hybridized carbons (Fsp3) is 0.750. The minimum atomic E-state index is -3.37. The van der Waals surface area contributed by atoms with Gasteiger partial charge in [0.2, 0.25) is 10.0 Å². The second kappa shape index (κ2) is 6.54. The second-order valence-corrected chi connectivity index (χ2v) is 12.8. The molecule has 3 fully saturated rings. The molecule has 0 amide bonds. The summed E-state index contributed by atoms with van der Waals surface area (Å²) in [4.78, 5) is 0. The smallest absolute Gasteiger partial charge is 0.214 e. The molecule has 1 heterocycles. The molecule has 1 aromatic carbocycles. The van der Waals surface area contributed by atoms with Crippen molar-refractivity contribution >= 4 is 10.0 Å². The standard InChI is InChI=1S/C24H35NO3S/c1-22(2)19-9-11-24(22,21(26)16-19)17-29(27,28)25-14-12-23(13-15-25)10-5-7-18-6-3-4-8-20(18)23/h3-4,6,8,19,21,26H,5,7,9-17H2,1-2H3/t19-,21+,24-/m1/s1. The number of aliphatic hydroxyl groups is 1. The molecule has 3 atom stereocenters. The summed E-state index contributed by atoms with van der Waals surface area (Å²) in [6, 6.07) is 8.78. The lowest BCUT2D eigenvalue weighted by Crippen LogP contribution is -2.51. The van der Waals surface area contributed by atoms with E-state index < -0.39 is 21.5 Å². The Bertz CT molecular complexity index is 900. The van der Waals surface area contributed by atoms with E-state index in [-0.39, 0.29) is 16.6 Å². The highest BCUT2D eigenvalue weighted by Crippen LogP contribution is 2.66. The van der Waals surface area contributed by atoms with Crippen LogP contribution in [0.15, 0.2) is 24.3 Å². The quantitative estimate of drug-likeness (QED) is 0.812. The topological polar surface area (TPSA) is 57.6 Å². The van der Waals surface area contributed by atoms with Crippen molar-refractivity contribution in [1.29, 1.82) is 0 Å². The molecule has 1 N–H and O–H groups in total. The molecular weight excluding hydrogens is 382 g/mol. The van der Waals surface area contributed by atoms with Crippen molar-refractivity contribution in [3.05, 3.63) is 35.4 Å². The summed E-state index contributed by atoms with van der Waals surface area (Å²) in [7, 11) is -3.37. The van der Waals surface area contributed by atoms with Crippen LogP contribution >= 0.6 is 0 Å². The van der Waals surface area contributed by atoms with Gasteiger partial charge in [0, 0.05) is 18.5 Å². The highest BCUT2D eigenvalue weighted by atomic mass is 32.2. The molecule has 3 aliphatic carbocycles. The number of fused-ring (bicyclic) bond motifs is 4. The summed E-state index contributed by atoms with van der Waals surface area (Å²) >= 11 is 0. The molecule has 0 unspecified atom stereocenters. The molecule has 1 aliphatic heterocycles. The molecule has 160 valence electrons. The lowest BCUT2D eigenvalue weighted by molar-refractivity contribution is 0.0143. The summed E-state index contributed by atoms with van der Waals surface area (Å²) in [6.07, 6.45) is 7.56. The summed E-state index contributed by atoms with van der Waals surface area (Å²) in [5.41, 5.74) is 2.51. The average molecular weight is 418 g/mol. The van der Waals surface area contributed by atoms with E-state index in [1.54, 1.807) is 4.31 Å². The zero-order valence-electron chi connectivity index (χ0n) is 17.9. The van der Waals surface area contributed by atoms with Crippen molar-refractivity contribution in [2.75, 3.05) is 18.8 Å². The molecular formula is C24H35NO3S. The van der Waals surface area contributed by atoms with Crippen molar-refractivity contribution in [2.24, 2.45) is 16.7 Å². The van der Waals surface area contributed by atoms with Gasteiger partial charge in [-0.15, -0.1) is 0 Å². The fourth-order valence-corrected chi connectivity index (χ4v) is 9.80. The first kappa shape index (κ1) is 20.0. The van der Waals surface area contributed by atoms with Crippen LogP contribution in [-0.2, 0) is 21.9 Å². The first-order valence-electron chi connectivity index (χ1n) is 11.4. The van der Waals surface area contributed by atoms with Crippen LogP contribution in [-0.4, -0.2) is 42.8 Å². The number of hydrogen-bond acceptors (Lipinski definition) is 3. The minimum Gasteiger partial charge on any atom is -0.392 e. The van der Waals surface area contributed by atoms with Crippen LogP contribution in [0.2, 0.25) is 0 Å². The van der Waals surface area contributed by atoms with Gasteiger partial charge in [0.05, 0.1) is 11.9 Å². The molecule has 29 heavy (non-hydrogen) atoms.